The Morgan fingerprint density at radius 2 is 2.00 bits per heavy atom. The second-order valence-electron chi connectivity index (χ2n) is 3.71. The van der Waals surface area contributed by atoms with E-state index in [0.29, 0.717) is 0 Å². The van der Waals surface area contributed by atoms with Crippen LogP contribution in [0.1, 0.15) is 34.1 Å². The fourth-order valence-electron chi connectivity index (χ4n) is 1.20. The van der Waals surface area contributed by atoms with E-state index in [1.807, 2.05) is 25.3 Å². The molecule has 0 rings (SSSR count). The molecule has 0 radical (unpaired) electrons. The van der Waals surface area contributed by atoms with E-state index in [4.69, 9.17) is 0 Å². The smallest absolute Gasteiger partial charge is 0.0386 e. The van der Waals surface area contributed by atoms with Gasteiger partial charge in [0, 0.05) is 11.2 Å². The highest BCUT2D eigenvalue weighted by molar-refractivity contribution is 5.17. The summed E-state index contributed by atoms with van der Waals surface area (Å²) in [6.45, 7) is 16.3. The summed E-state index contributed by atoms with van der Waals surface area (Å²) in [7, 11) is 0. The maximum absolute atomic E-state index is 4.00. The van der Waals surface area contributed by atoms with Crippen molar-refractivity contribution in [3.05, 3.63) is 37.2 Å². The van der Waals surface area contributed by atoms with Crippen LogP contribution in [0, 0.1) is 0 Å². The van der Waals surface area contributed by atoms with Crippen molar-refractivity contribution in [1.82, 2.24) is 4.90 Å². The fraction of sp³-hybridized carbons (Fsp3) is 0.500. The average Bonchev–Trinajstić information content (AvgIpc) is 2.05. The molecular formula is C12H21N. The molecule has 0 aliphatic carbocycles. The molecule has 13 heavy (non-hydrogen) atoms. The maximum atomic E-state index is 4.00. The van der Waals surface area contributed by atoms with E-state index < -0.39 is 0 Å². The molecule has 74 valence electrons. The van der Waals surface area contributed by atoms with Crippen molar-refractivity contribution in [1.29, 1.82) is 0 Å². The number of nitrogens with zero attached hydrogens (tertiary/aromatic N) is 1. The largest absolute Gasteiger partial charge is 0.344 e. The van der Waals surface area contributed by atoms with E-state index in [1.165, 1.54) is 0 Å². The molecule has 1 nitrogen and oxygen atoms in total. The van der Waals surface area contributed by atoms with Crippen LogP contribution in [0.2, 0.25) is 0 Å². The van der Waals surface area contributed by atoms with Crippen LogP contribution in [0.25, 0.3) is 0 Å². The molecular weight excluding hydrogens is 158 g/mol. The van der Waals surface area contributed by atoms with Crippen LogP contribution in [0.4, 0.5) is 0 Å². The highest BCUT2D eigenvalue weighted by Crippen LogP contribution is 2.23. The lowest BCUT2D eigenvalue weighted by Gasteiger charge is -2.37. The summed E-state index contributed by atoms with van der Waals surface area (Å²) >= 11 is 0. The van der Waals surface area contributed by atoms with Crippen molar-refractivity contribution in [2.45, 2.75) is 39.7 Å². The maximum Gasteiger partial charge on any atom is 0.0386 e. The van der Waals surface area contributed by atoms with E-state index in [-0.39, 0.29) is 5.54 Å². The molecule has 0 saturated carbocycles. The first-order valence-corrected chi connectivity index (χ1v) is 4.73. The summed E-state index contributed by atoms with van der Waals surface area (Å²) in [6.07, 6.45) is 6.89. The van der Waals surface area contributed by atoms with Gasteiger partial charge in [-0.2, -0.15) is 0 Å². The quantitative estimate of drug-likeness (QED) is 0.581. The van der Waals surface area contributed by atoms with E-state index in [2.05, 4.69) is 38.8 Å². The van der Waals surface area contributed by atoms with E-state index in [0.717, 1.165) is 12.1 Å². The Kier molecular flexibility index (Phi) is 4.53. The van der Waals surface area contributed by atoms with Crippen LogP contribution in [-0.2, 0) is 0 Å². The monoisotopic (exact) mass is 179 g/mol. The van der Waals surface area contributed by atoms with Gasteiger partial charge in [-0.1, -0.05) is 26.2 Å². The number of rotatable bonds is 5. The van der Waals surface area contributed by atoms with Crippen LogP contribution in [0.15, 0.2) is 37.2 Å². The second kappa shape index (κ2) is 4.90. The van der Waals surface area contributed by atoms with Crippen molar-refractivity contribution in [3.8, 4) is 0 Å². The van der Waals surface area contributed by atoms with E-state index >= 15 is 0 Å². The van der Waals surface area contributed by atoms with Gasteiger partial charge >= 0.3 is 0 Å². The van der Waals surface area contributed by atoms with Gasteiger partial charge in [-0.25, -0.2) is 0 Å². The van der Waals surface area contributed by atoms with Gasteiger partial charge < -0.3 is 4.90 Å². The van der Waals surface area contributed by atoms with Gasteiger partial charge in [-0.05, 0) is 39.5 Å². The van der Waals surface area contributed by atoms with Gasteiger partial charge in [0.2, 0.25) is 0 Å². The summed E-state index contributed by atoms with van der Waals surface area (Å²) in [5.41, 5.74) is 1.09. The zero-order valence-electron chi connectivity index (χ0n) is 9.30. The lowest BCUT2D eigenvalue weighted by molar-refractivity contribution is 0.233. The summed E-state index contributed by atoms with van der Waals surface area (Å²) in [6, 6.07) is 0. The topological polar surface area (TPSA) is 3.24 Å². The predicted octanol–water partition coefficient (Wildman–Crippen LogP) is 3.71. The molecule has 0 amide bonds. The zero-order valence-corrected chi connectivity index (χ0v) is 9.30. The Hall–Kier alpha value is -0.980. The summed E-state index contributed by atoms with van der Waals surface area (Å²) in [4.78, 5) is 2.10. The molecule has 0 bridgehead atoms. The minimum atomic E-state index is 0.0956. The molecule has 0 aliphatic heterocycles. The lowest BCUT2D eigenvalue weighted by Crippen LogP contribution is -2.38. The highest BCUT2D eigenvalue weighted by Gasteiger charge is 2.22. The third-order valence-electron chi connectivity index (χ3n) is 2.37. The second-order valence-corrected chi connectivity index (χ2v) is 3.71. The molecule has 0 aromatic rings. The van der Waals surface area contributed by atoms with Crippen LogP contribution in [-0.4, -0.2) is 10.4 Å². The third kappa shape index (κ3) is 3.10. The van der Waals surface area contributed by atoms with E-state index in [9.17, 15) is 0 Å². The Labute approximate surface area is 82.4 Å². The molecule has 0 aliphatic rings. The van der Waals surface area contributed by atoms with Crippen molar-refractivity contribution in [3.63, 3.8) is 0 Å². The van der Waals surface area contributed by atoms with Crippen LogP contribution in [0.5, 0.6) is 0 Å². The highest BCUT2D eigenvalue weighted by atomic mass is 15.2. The van der Waals surface area contributed by atoms with Gasteiger partial charge in [0.05, 0.1) is 0 Å². The van der Waals surface area contributed by atoms with Gasteiger partial charge in [0.15, 0.2) is 0 Å². The SMILES string of the molecule is C=CN(C(=C)/C=C\C)C(C)(C)CC. The van der Waals surface area contributed by atoms with Gasteiger partial charge in [0.1, 0.15) is 0 Å². The van der Waals surface area contributed by atoms with Gasteiger partial charge in [-0.15, -0.1) is 0 Å². The minimum Gasteiger partial charge on any atom is -0.344 e. The summed E-state index contributed by atoms with van der Waals surface area (Å²) < 4.78 is 0. The van der Waals surface area contributed by atoms with Crippen molar-refractivity contribution in [2.75, 3.05) is 0 Å². The number of hydrogen-bond acceptors (Lipinski definition) is 1. The molecule has 0 N–H and O–H groups in total. The molecule has 0 saturated heterocycles. The zero-order chi connectivity index (χ0) is 10.5. The average molecular weight is 179 g/mol. The fourth-order valence-corrected chi connectivity index (χ4v) is 1.20. The van der Waals surface area contributed by atoms with E-state index in [1.54, 1.807) is 0 Å². The molecule has 0 spiro atoms. The summed E-state index contributed by atoms with van der Waals surface area (Å²) in [5.74, 6) is 0. The molecule has 0 heterocycles. The van der Waals surface area contributed by atoms with Crippen LogP contribution in [0.3, 0.4) is 0 Å². The van der Waals surface area contributed by atoms with Crippen molar-refractivity contribution in [2.24, 2.45) is 0 Å². The molecule has 0 fully saturated rings. The molecule has 0 unspecified atom stereocenters. The molecule has 0 aromatic heterocycles. The Morgan fingerprint density at radius 3 is 2.31 bits per heavy atom. The summed E-state index contributed by atoms with van der Waals surface area (Å²) in [5, 5.41) is 0. The van der Waals surface area contributed by atoms with Crippen molar-refractivity contribution >= 4 is 0 Å². The normalized spacial score (nSPS) is 11.7. The van der Waals surface area contributed by atoms with Crippen LogP contribution < -0.4 is 0 Å². The number of allylic oxidation sites excluding steroid dienone is 2. The predicted molar refractivity (Wildman–Crippen MR) is 60.4 cm³/mol. The minimum absolute atomic E-state index is 0.0956. The van der Waals surface area contributed by atoms with Gasteiger partial charge in [-0.3, -0.25) is 0 Å². The Balaban J connectivity index is 4.69. The van der Waals surface area contributed by atoms with Crippen molar-refractivity contribution < 1.29 is 0 Å². The first-order valence-electron chi connectivity index (χ1n) is 4.73. The third-order valence-corrected chi connectivity index (χ3v) is 2.37. The van der Waals surface area contributed by atoms with Gasteiger partial charge in [0.25, 0.3) is 0 Å². The first kappa shape index (κ1) is 12.0. The number of hydrogen-bond donors (Lipinski definition) is 0. The van der Waals surface area contributed by atoms with Crippen LogP contribution >= 0.6 is 0 Å². The molecule has 0 atom stereocenters. The Bertz CT molecular complexity index is 211. The lowest BCUT2D eigenvalue weighted by atomic mass is 9.99. The molecule has 0 aromatic carbocycles. The molecule has 1 heteroatoms. The first-order chi connectivity index (χ1) is 5.99. The Morgan fingerprint density at radius 1 is 1.46 bits per heavy atom. The standard InChI is InChI=1S/C12H21N/c1-7-10-11(4)13(9-3)12(5,6)8-2/h7,9-10H,3-4,8H2,1-2,5-6H3/b10-7-.